The van der Waals surface area contributed by atoms with Crippen molar-refractivity contribution in [2.45, 2.75) is 0 Å². The summed E-state index contributed by atoms with van der Waals surface area (Å²) in [5, 5.41) is 3.22. The van der Waals surface area contributed by atoms with Gasteiger partial charge in [-0.3, -0.25) is 4.98 Å². The maximum atomic E-state index is 13.0. The van der Waals surface area contributed by atoms with Crippen LogP contribution < -0.4 is 11.1 Å². The summed E-state index contributed by atoms with van der Waals surface area (Å²) in [7, 11) is 0. The number of nitrogens with one attached hydrogen (secondary N) is 1. The molecule has 0 spiro atoms. The normalized spacial score (nSPS) is 10.1. The molecule has 0 amide bonds. The fourth-order valence-corrected chi connectivity index (χ4v) is 1.34. The SMILES string of the molecule is Nc1cncc(Nc2cc(F)ccc2Cl)n1. The van der Waals surface area contributed by atoms with Gasteiger partial charge < -0.3 is 11.1 Å². The van der Waals surface area contributed by atoms with E-state index >= 15 is 0 Å². The van der Waals surface area contributed by atoms with Crippen LogP contribution in [0.1, 0.15) is 0 Å². The smallest absolute Gasteiger partial charge is 0.151 e. The third-order valence-corrected chi connectivity index (χ3v) is 2.17. The number of anilines is 3. The molecule has 0 saturated heterocycles. The van der Waals surface area contributed by atoms with E-state index < -0.39 is 0 Å². The van der Waals surface area contributed by atoms with E-state index in [9.17, 15) is 4.39 Å². The zero-order chi connectivity index (χ0) is 11.5. The molecule has 4 nitrogen and oxygen atoms in total. The van der Waals surface area contributed by atoms with Crippen LogP contribution in [0.25, 0.3) is 0 Å². The van der Waals surface area contributed by atoms with Gasteiger partial charge in [0, 0.05) is 0 Å². The summed E-state index contributed by atoms with van der Waals surface area (Å²) in [5.74, 6) is 0.300. The first-order chi connectivity index (χ1) is 7.65. The van der Waals surface area contributed by atoms with E-state index in [-0.39, 0.29) is 11.6 Å². The first kappa shape index (κ1) is 10.6. The lowest BCUT2D eigenvalue weighted by atomic mass is 10.3. The van der Waals surface area contributed by atoms with Crippen LogP contribution in [0, 0.1) is 5.82 Å². The minimum atomic E-state index is -0.385. The van der Waals surface area contributed by atoms with Crippen molar-refractivity contribution in [3.05, 3.63) is 41.4 Å². The molecule has 0 aliphatic carbocycles. The minimum Gasteiger partial charge on any atom is -0.382 e. The molecule has 0 aliphatic rings. The van der Waals surface area contributed by atoms with Crippen molar-refractivity contribution < 1.29 is 4.39 Å². The van der Waals surface area contributed by atoms with Gasteiger partial charge in [-0.15, -0.1) is 0 Å². The van der Waals surface area contributed by atoms with Crippen LogP contribution in [-0.4, -0.2) is 9.97 Å². The molecule has 3 N–H and O–H groups in total. The predicted octanol–water partition coefficient (Wildman–Crippen LogP) is 2.59. The summed E-state index contributed by atoms with van der Waals surface area (Å²) in [6.07, 6.45) is 2.88. The average molecular weight is 239 g/mol. The third-order valence-electron chi connectivity index (χ3n) is 1.84. The highest BCUT2D eigenvalue weighted by Crippen LogP contribution is 2.25. The van der Waals surface area contributed by atoms with Crippen LogP contribution >= 0.6 is 11.6 Å². The lowest BCUT2D eigenvalue weighted by Crippen LogP contribution is -1.98. The van der Waals surface area contributed by atoms with Crippen molar-refractivity contribution in [3.63, 3.8) is 0 Å². The monoisotopic (exact) mass is 238 g/mol. The van der Waals surface area contributed by atoms with E-state index in [1.54, 1.807) is 0 Å². The molecule has 1 heterocycles. The summed E-state index contributed by atoms with van der Waals surface area (Å²) in [5.41, 5.74) is 5.88. The quantitative estimate of drug-likeness (QED) is 0.844. The Morgan fingerprint density at radius 3 is 2.88 bits per heavy atom. The number of nitrogens with zero attached hydrogens (tertiary/aromatic N) is 2. The summed E-state index contributed by atoms with van der Waals surface area (Å²) in [6.45, 7) is 0. The predicted molar refractivity (Wildman–Crippen MR) is 61.1 cm³/mol. The van der Waals surface area contributed by atoms with Gasteiger partial charge in [0.2, 0.25) is 0 Å². The van der Waals surface area contributed by atoms with E-state index in [2.05, 4.69) is 15.3 Å². The van der Waals surface area contributed by atoms with Gasteiger partial charge in [-0.25, -0.2) is 9.37 Å². The van der Waals surface area contributed by atoms with E-state index in [0.717, 1.165) is 0 Å². The molecule has 0 saturated carbocycles. The van der Waals surface area contributed by atoms with E-state index in [1.165, 1.54) is 30.6 Å². The summed E-state index contributed by atoms with van der Waals surface area (Å²) in [6, 6.07) is 4.00. The number of rotatable bonds is 2. The number of nitrogen functional groups attached to an aromatic ring is 1. The Balaban J connectivity index is 2.30. The molecular weight excluding hydrogens is 231 g/mol. The second-order valence-corrected chi connectivity index (χ2v) is 3.49. The van der Waals surface area contributed by atoms with Gasteiger partial charge in [0.15, 0.2) is 5.82 Å². The third kappa shape index (κ3) is 2.38. The van der Waals surface area contributed by atoms with Crippen LogP contribution in [0.4, 0.5) is 21.7 Å². The Labute approximate surface area is 96.3 Å². The highest BCUT2D eigenvalue weighted by Gasteiger charge is 2.03. The highest BCUT2D eigenvalue weighted by molar-refractivity contribution is 6.33. The highest BCUT2D eigenvalue weighted by atomic mass is 35.5. The molecule has 1 aromatic heterocycles. The molecule has 16 heavy (non-hydrogen) atoms. The van der Waals surface area contributed by atoms with E-state index in [4.69, 9.17) is 17.3 Å². The van der Waals surface area contributed by atoms with Crippen molar-refractivity contribution >= 4 is 28.9 Å². The molecule has 2 rings (SSSR count). The van der Waals surface area contributed by atoms with Gasteiger partial charge in [-0.2, -0.15) is 0 Å². The van der Waals surface area contributed by atoms with E-state index in [0.29, 0.717) is 16.5 Å². The fraction of sp³-hybridized carbons (Fsp3) is 0. The largest absolute Gasteiger partial charge is 0.382 e. The summed E-state index contributed by atoms with van der Waals surface area (Å²) in [4.78, 5) is 7.81. The van der Waals surface area contributed by atoms with Crippen LogP contribution in [0.5, 0.6) is 0 Å². The van der Waals surface area contributed by atoms with Crippen molar-refractivity contribution in [3.8, 4) is 0 Å². The topological polar surface area (TPSA) is 63.8 Å². The molecule has 0 bridgehead atoms. The maximum absolute atomic E-state index is 13.0. The zero-order valence-corrected chi connectivity index (χ0v) is 8.87. The second-order valence-electron chi connectivity index (χ2n) is 3.08. The van der Waals surface area contributed by atoms with Gasteiger partial charge >= 0.3 is 0 Å². The van der Waals surface area contributed by atoms with Gasteiger partial charge in [-0.05, 0) is 18.2 Å². The van der Waals surface area contributed by atoms with Crippen molar-refractivity contribution in [1.82, 2.24) is 9.97 Å². The lowest BCUT2D eigenvalue weighted by molar-refractivity contribution is 0.628. The second kappa shape index (κ2) is 4.32. The molecule has 82 valence electrons. The zero-order valence-electron chi connectivity index (χ0n) is 8.11. The fourth-order valence-electron chi connectivity index (χ4n) is 1.17. The Morgan fingerprint density at radius 2 is 2.12 bits per heavy atom. The Kier molecular flexibility index (Phi) is 2.87. The Hall–Kier alpha value is -1.88. The number of halogens is 2. The van der Waals surface area contributed by atoms with Crippen LogP contribution in [-0.2, 0) is 0 Å². The van der Waals surface area contributed by atoms with Crippen LogP contribution in [0.3, 0.4) is 0 Å². The molecule has 0 fully saturated rings. The number of aromatic nitrogens is 2. The standard InChI is InChI=1S/C10H8ClFN4/c11-7-2-1-6(12)3-8(7)15-10-5-14-4-9(13)16-10/h1-5H,(H3,13,15,16). The van der Waals surface area contributed by atoms with Gasteiger partial charge in [0.1, 0.15) is 11.6 Å². The first-order valence-corrected chi connectivity index (χ1v) is 4.82. The van der Waals surface area contributed by atoms with Gasteiger partial charge in [-0.1, -0.05) is 11.6 Å². The summed E-state index contributed by atoms with van der Waals surface area (Å²) >= 11 is 5.88. The number of nitrogens with two attached hydrogens (primary N) is 1. The van der Waals surface area contributed by atoms with Crippen molar-refractivity contribution in [2.75, 3.05) is 11.1 Å². The molecule has 0 atom stereocenters. The average Bonchev–Trinajstić information content (AvgIpc) is 2.24. The maximum Gasteiger partial charge on any atom is 0.151 e. The molecule has 2 aromatic rings. The minimum absolute atomic E-state index is 0.275. The first-order valence-electron chi connectivity index (χ1n) is 4.45. The number of hydrogen-bond donors (Lipinski definition) is 2. The van der Waals surface area contributed by atoms with Crippen LogP contribution in [0.15, 0.2) is 30.6 Å². The molecule has 1 aromatic carbocycles. The van der Waals surface area contributed by atoms with Crippen molar-refractivity contribution in [2.24, 2.45) is 0 Å². The molecule has 0 radical (unpaired) electrons. The molecule has 0 aliphatic heterocycles. The number of benzene rings is 1. The van der Waals surface area contributed by atoms with Gasteiger partial charge in [0.25, 0.3) is 0 Å². The lowest BCUT2D eigenvalue weighted by Gasteiger charge is -2.07. The Bertz CT molecular complexity index is 518. The van der Waals surface area contributed by atoms with Crippen molar-refractivity contribution in [1.29, 1.82) is 0 Å². The van der Waals surface area contributed by atoms with Gasteiger partial charge in [0.05, 0.1) is 23.1 Å². The molecular formula is C10H8ClFN4. The summed E-state index contributed by atoms with van der Waals surface area (Å²) < 4.78 is 13.0. The molecule has 0 unspecified atom stereocenters. The Morgan fingerprint density at radius 1 is 1.31 bits per heavy atom. The van der Waals surface area contributed by atoms with Crippen LogP contribution in [0.2, 0.25) is 5.02 Å². The molecule has 6 heteroatoms. The van der Waals surface area contributed by atoms with E-state index in [1.807, 2.05) is 0 Å². The number of hydrogen-bond acceptors (Lipinski definition) is 4.